The van der Waals surface area contributed by atoms with Gasteiger partial charge in [-0.05, 0) is 48.7 Å². The Hall–Kier alpha value is -5.49. The minimum Gasteiger partial charge on any atom is -0.386 e. The van der Waals surface area contributed by atoms with Gasteiger partial charge in [0.05, 0.1) is 53.0 Å². The molecule has 4 heterocycles. The second kappa shape index (κ2) is 15.9. The SMILES string of the molecule is CCc1c(N2CCN(C(=O)CNC(=O)c3cccc(NC)c3F)CC2)c(=O)n2nc(C3=CCOCC3)nc2n1CC(=O)Nc1ccc(C(F)(F)F)cc1Cl. The summed E-state index contributed by atoms with van der Waals surface area (Å²) in [4.78, 5) is 61.4. The molecule has 1 fully saturated rings. The van der Waals surface area contributed by atoms with Crippen LogP contribution >= 0.6 is 11.6 Å². The van der Waals surface area contributed by atoms with Gasteiger partial charge in [-0.1, -0.05) is 30.7 Å². The fourth-order valence-electron chi connectivity index (χ4n) is 6.36. The van der Waals surface area contributed by atoms with Gasteiger partial charge in [0.2, 0.25) is 17.6 Å². The number of amides is 3. The first kappa shape index (κ1) is 38.2. The molecule has 0 unspecified atom stereocenters. The maximum Gasteiger partial charge on any atom is 0.416 e. The third-order valence-corrected chi connectivity index (χ3v) is 9.46. The van der Waals surface area contributed by atoms with Crippen LogP contribution in [0.2, 0.25) is 5.02 Å². The van der Waals surface area contributed by atoms with Crippen molar-refractivity contribution in [1.29, 1.82) is 0 Å². The molecule has 0 bridgehead atoms. The van der Waals surface area contributed by atoms with Crippen LogP contribution in [0.3, 0.4) is 0 Å². The monoisotopic (exact) mass is 773 g/mol. The lowest BCUT2D eigenvalue weighted by Crippen LogP contribution is -2.52. The summed E-state index contributed by atoms with van der Waals surface area (Å²) in [7, 11) is 1.52. The summed E-state index contributed by atoms with van der Waals surface area (Å²) in [6.07, 6.45) is -2.05. The molecule has 6 rings (SSSR count). The van der Waals surface area contributed by atoms with Gasteiger partial charge in [-0.25, -0.2) is 4.39 Å². The Labute approximate surface area is 310 Å². The number of ether oxygens (including phenoxy) is 1. The molecule has 0 radical (unpaired) electrons. The number of benzene rings is 2. The van der Waals surface area contributed by atoms with E-state index in [4.69, 9.17) is 16.3 Å². The number of carbonyl (C=O) groups is 3. The summed E-state index contributed by atoms with van der Waals surface area (Å²) in [5.74, 6) is -2.17. The number of halogens is 5. The number of anilines is 3. The summed E-state index contributed by atoms with van der Waals surface area (Å²) in [6, 6.07) is 6.90. The van der Waals surface area contributed by atoms with Gasteiger partial charge in [-0.15, -0.1) is 5.10 Å². The molecule has 286 valence electrons. The summed E-state index contributed by atoms with van der Waals surface area (Å²) in [5, 5.41) is 11.9. The number of hydrogen-bond acceptors (Lipinski definition) is 9. The average Bonchev–Trinajstić information content (AvgIpc) is 3.62. The number of piperazine rings is 1. The van der Waals surface area contributed by atoms with Crippen molar-refractivity contribution in [2.75, 3.05) is 68.5 Å². The second-order valence-electron chi connectivity index (χ2n) is 12.4. The maximum absolute atomic E-state index is 14.6. The summed E-state index contributed by atoms with van der Waals surface area (Å²) in [5.41, 5.74) is -0.127. The fourth-order valence-corrected chi connectivity index (χ4v) is 6.59. The predicted octanol–water partition coefficient (Wildman–Crippen LogP) is 3.83. The zero-order valence-corrected chi connectivity index (χ0v) is 30.0. The molecule has 2 aromatic heterocycles. The van der Waals surface area contributed by atoms with Gasteiger partial charge in [-0.2, -0.15) is 22.7 Å². The zero-order chi connectivity index (χ0) is 38.7. The second-order valence-corrected chi connectivity index (χ2v) is 12.9. The smallest absolute Gasteiger partial charge is 0.386 e. The van der Waals surface area contributed by atoms with Crippen LogP contribution < -0.4 is 26.4 Å². The quantitative estimate of drug-likeness (QED) is 0.204. The topological polar surface area (TPSA) is 155 Å². The molecule has 0 aliphatic carbocycles. The standard InChI is InChI=1S/C35H36ClF4N9O5/c1-3-26-30(47-13-11-46(12-14-47)28(51)18-42-32(52)22-5-4-6-25(41-2)29(22)37)33(53)49-34(44-31(45-49)20-9-15-54-16-10-20)48(26)19-27(50)43-24-8-7-21(17-23(24)36)35(38,39)40/h4-9,17,41H,3,10-16,18-19H2,1-2H3,(H,42,52)(H,43,50). The van der Waals surface area contributed by atoms with Crippen molar-refractivity contribution < 1.29 is 36.7 Å². The first-order valence-electron chi connectivity index (χ1n) is 17.0. The van der Waals surface area contributed by atoms with E-state index in [1.807, 2.05) is 6.08 Å². The molecule has 54 heavy (non-hydrogen) atoms. The van der Waals surface area contributed by atoms with Gasteiger partial charge < -0.3 is 35.1 Å². The highest BCUT2D eigenvalue weighted by molar-refractivity contribution is 6.33. The van der Waals surface area contributed by atoms with E-state index in [9.17, 15) is 36.7 Å². The number of carbonyl (C=O) groups excluding carboxylic acids is 3. The van der Waals surface area contributed by atoms with Gasteiger partial charge >= 0.3 is 6.18 Å². The summed E-state index contributed by atoms with van der Waals surface area (Å²) >= 11 is 6.11. The number of aromatic nitrogens is 4. The highest BCUT2D eigenvalue weighted by Crippen LogP contribution is 2.34. The van der Waals surface area contributed by atoms with E-state index in [1.54, 1.807) is 11.8 Å². The van der Waals surface area contributed by atoms with Crippen LogP contribution in [0.5, 0.6) is 0 Å². The van der Waals surface area contributed by atoms with E-state index < -0.39 is 47.4 Å². The third kappa shape index (κ3) is 7.89. The average molecular weight is 774 g/mol. The molecule has 3 amide bonds. The van der Waals surface area contributed by atoms with E-state index in [0.717, 1.165) is 28.3 Å². The van der Waals surface area contributed by atoms with Crippen LogP contribution in [0, 0.1) is 5.82 Å². The minimum atomic E-state index is -4.62. The number of fused-ring (bicyclic) bond motifs is 1. The number of hydrogen-bond donors (Lipinski definition) is 3. The molecule has 14 nitrogen and oxygen atoms in total. The summed E-state index contributed by atoms with van der Waals surface area (Å²) in [6.45, 7) is 2.58. The molecular weight excluding hydrogens is 738 g/mol. The van der Waals surface area contributed by atoms with Crippen LogP contribution in [-0.2, 0) is 33.5 Å². The van der Waals surface area contributed by atoms with Crippen LogP contribution in [0.1, 0.15) is 40.8 Å². The van der Waals surface area contributed by atoms with Crippen molar-refractivity contribution in [2.45, 2.75) is 32.5 Å². The normalized spacial score (nSPS) is 14.9. The van der Waals surface area contributed by atoms with Crippen molar-refractivity contribution in [2.24, 2.45) is 0 Å². The van der Waals surface area contributed by atoms with Gasteiger partial charge in [0, 0.05) is 33.2 Å². The molecule has 4 aromatic rings. The highest BCUT2D eigenvalue weighted by atomic mass is 35.5. The molecule has 1 saturated heterocycles. The zero-order valence-electron chi connectivity index (χ0n) is 29.2. The molecule has 19 heteroatoms. The Morgan fingerprint density at radius 1 is 1.06 bits per heavy atom. The van der Waals surface area contributed by atoms with E-state index in [1.165, 1.54) is 34.7 Å². The van der Waals surface area contributed by atoms with E-state index in [-0.39, 0.29) is 78.4 Å². The molecule has 0 spiro atoms. The van der Waals surface area contributed by atoms with E-state index in [0.29, 0.717) is 25.3 Å². The molecule has 0 saturated carbocycles. The van der Waals surface area contributed by atoms with Crippen molar-refractivity contribution in [1.82, 2.24) is 29.4 Å². The van der Waals surface area contributed by atoms with Gasteiger partial charge in [0.25, 0.3) is 11.5 Å². The predicted molar refractivity (Wildman–Crippen MR) is 192 cm³/mol. The lowest BCUT2D eigenvalue weighted by atomic mass is 10.1. The Morgan fingerprint density at radius 2 is 1.81 bits per heavy atom. The Morgan fingerprint density at radius 3 is 2.46 bits per heavy atom. The van der Waals surface area contributed by atoms with E-state index in [2.05, 4.69) is 26.0 Å². The third-order valence-electron chi connectivity index (χ3n) is 9.14. The maximum atomic E-state index is 14.6. The van der Waals surface area contributed by atoms with Crippen LogP contribution in [0.25, 0.3) is 11.4 Å². The largest absolute Gasteiger partial charge is 0.416 e. The van der Waals surface area contributed by atoms with Crippen molar-refractivity contribution in [3.63, 3.8) is 0 Å². The van der Waals surface area contributed by atoms with Crippen LogP contribution in [-0.4, -0.2) is 94.8 Å². The number of nitrogens with one attached hydrogen (secondary N) is 3. The first-order valence-corrected chi connectivity index (χ1v) is 17.4. The lowest BCUT2D eigenvalue weighted by molar-refractivity contribution is -0.137. The number of alkyl halides is 3. The summed E-state index contributed by atoms with van der Waals surface area (Å²) < 4.78 is 62.3. The van der Waals surface area contributed by atoms with Crippen molar-refractivity contribution in [3.05, 3.63) is 86.3 Å². The number of nitrogens with zero attached hydrogens (tertiary/aromatic N) is 6. The molecule has 2 aliphatic heterocycles. The molecular formula is C35H36ClF4N9O5. The van der Waals surface area contributed by atoms with Crippen molar-refractivity contribution >= 4 is 57.7 Å². The lowest BCUT2D eigenvalue weighted by Gasteiger charge is -2.36. The van der Waals surface area contributed by atoms with Crippen LogP contribution in [0.15, 0.2) is 47.3 Å². The van der Waals surface area contributed by atoms with Crippen molar-refractivity contribution in [3.8, 4) is 0 Å². The van der Waals surface area contributed by atoms with Gasteiger partial charge in [0.1, 0.15) is 12.2 Å². The Bertz CT molecular complexity index is 2200. The molecule has 3 N–H and O–H groups in total. The first-order chi connectivity index (χ1) is 25.8. The number of rotatable bonds is 10. The Balaban J connectivity index is 1.25. The molecule has 2 aliphatic rings. The fraction of sp³-hybridized carbons (Fsp3) is 0.371. The van der Waals surface area contributed by atoms with Crippen LogP contribution in [0.4, 0.5) is 34.6 Å². The highest BCUT2D eigenvalue weighted by Gasteiger charge is 2.32. The van der Waals surface area contributed by atoms with E-state index >= 15 is 0 Å². The molecule has 2 aromatic carbocycles. The van der Waals surface area contributed by atoms with Gasteiger partial charge in [-0.3, -0.25) is 19.2 Å². The van der Waals surface area contributed by atoms with Gasteiger partial charge in [0.15, 0.2) is 11.6 Å². The minimum absolute atomic E-state index is 0.0341. The Kier molecular flexibility index (Phi) is 11.2. The molecule has 0 atom stereocenters.